The molecule has 0 amide bonds. The molecule has 0 saturated carbocycles. The number of anilines is 1. The summed E-state index contributed by atoms with van der Waals surface area (Å²) >= 11 is 3.45. The van der Waals surface area contributed by atoms with E-state index in [1.54, 1.807) is 0 Å². The van der Waals surface area contributed by atoms with E-state index in [4.69, 9.17) is 5.73 Å². The van der Waals surface area contributed by atoms with Crippen LogP contribution in [0.2, 0.25) is 0 Å². The number of likely N-dealkylation sites (N-methyl/N-ethyl adjacent to an activating group) is 1. The summed E-state index contributed by atoms with van der Waals surface area (Å²) in [4.78, 5) is 2.35. The van der Waals surface area contributed by atoms with Crippen molar-refractivity contribution in [1.29, 1.82) is 0 Å². The van der Waals surface area contributed by atoms with Gasteiger partial charge in [0.05, 0.1) is 5.54 Å². The van der Waals surface area contributed by atoms with E-state index in [1.165, 1.54) is 13.0 Å². The van der Waals surface area contributed by atoms with Crippen molar-refractivity contribution < 1.29 is 0 Å². The summed E-state index contributed by atoms with van der Waals surface area (Å²) in [6.45, 7) is 2.86. The Labute approximate surface area is 111 Å². The first-order valence-electron chi connectivity index (χ1n) is 6.06. The highest BCUT2D eigenvalue weighted by Gasteiger charge is 2.32. The second-order valence-corrected chi connectivity index (χ2v) is 5.87. The first-order chi connectivity index (χ1) is 8.13. The molecule has 1 aliphatic heterocycles. The van der Waals surface area contributed by atoms with Crippen molar-refractivity contribution in [3.63, 3.8) is 0 Å². The topological polar surface area (TPSA) is 41.3 Å². The van der Waals surface area contributed by atoms with E-state index < -0.39 is 0 Å². The Kier molecular flexibility index (Phi) is 4.07. The standard InChI is InChI=1S/C13H20BrN3/c1-17-8-2-7-13(9-15,10-17)16-12-5-3-11(14)4-6-12/h3-6,16H,2,7-10,15H2,1H3. The predicted molar refractivity (Wildman–Crippen MR) is 76.3 cm³/mol. The maximum Gasteiger partial charge on any atom is 0.0622 e. The number of nitrogens with one attached hydrogen (secondary N) is 1. The van der Waals surface area contributed by atoms with Crippen LogP contribution >= 0.6 is 15.9 Å². The van der Waals surface area contributed by atoms with Crippen LogP contribution in [-0.2, 0) is 0 Å². The van der Waals surface area contributed by atoms with Crippen molar-refractivity contribution in [1.82, 2.24) is 4.90 Å². The zero-order chi connectivity index (χ0) is 12.3. The zero-order valence-corrected chi connectivity index (χ0v) is 11.8. The van der Waals surface area contributed by atoms with Gasteiger partial charge >= 0.3 is 0 Å². The number of piperidine rings is 1. The molecule has 1 fully saturated rings. The van der Waals surface area contributed by atoms with Crippen LogP contribution in [0.4, 0.5) is 5.69 Å². The molecular weight excluding hydrogens is 278 g/mol. The number of nitrogens with zero attached hydrogens (tertiary/aromatic N) is 1. The molecule has 94 valence electrons. The van der Waals surface area contributed by atoms with E-state index >= 15 is 0 Å². The van der Waals surface area contributed by atoms with Crippen LogP contribution in [0.1, 0.15) is 12.8 Å². The average Bonchev–Trinajstić information content (AvgIpc) is 2.32. The summed E-state index contributed by atoms with van der Waals surface area (Å²) in [6, 6.07) is 8.30. The number of rotatable bonds is 3. The first-order valence-corrected chi connectivity index (χ1v) is 6.85. The lowest BCUT2D eigenvalue weighted by Crippen LogP contribution is -2.56. The third kappa shape index (κ3) is 3.21. The largest absolute Gasteiger partial charge is 0.377 e. The highest BCUT2D eigenvalue weighted by Crippen LogP contribution is 2.25. The van der Waals surface area contributed by atoms with E-state index in [0.717, 1.165) is 23.1 Å². The van der Waals surface area contributed by atoms with Gasteiger partial charge in [0.1, 0.15) is 0 Å². The number of likely N-dealkylation sites (tertiary alicyclic amines) is 1. The molecule has 1 unspecified atom stereocenters. The van der Waals surface area contributed by atoms with Gasteiger partial charge in [0.15, 0.2) is 0 Å². The SMILES string of the molecule is CN1CCCC(CN)(Nc2ccc(Br)cc2)C1. The van der Waals surface area contributed by atoms with Crippen LogP contribution in [0.3, 0.4) is 0 Å². The molecule has 0 aromatic heterocycles. The third-order valence-electron chi connectivity index (χ3n) is 3.41. The molecule has 1 saturated heterocycles. The van der Waals surface area contributed by atoms with Gasteiger partial charge in [0.25, 0.3) is 0 Å². The summed E-state index contributed by atoms with van der Waals surface area (Å²) in [6.07, 6.45) is 2.35. The third-order valence-corrected chi connectivity index (χ3v) is 3.94. The van der Waals surface area contributed by atoms with E-state index in [-0.39, 0.29) is 5.54 Å². The maximum absolute atomic E-state index is 5.98. The Morgan fingerprint density at radius 3 is 2.71 bits per heavy atom. The molecule has 1 aromatic carbocycles. The minimum atomic E-state index is 0.0286. The molecule has 1 heterocycles. The highest BCUT2D eigenvalue weighted by molar-refractivity contribution is 9.10. The van der Waals surface area contributed by atoms with Gasteiger partial charge in [-0.2, -0.15) is 0 Å². The molecule has 0 radical (unpaired) electrons. The van der Waals surface area contributed by atoms with Gasteiger partial charge in [0.2, 0.25) is 0 Å². The van der Waals surface area contributed by atoms with Crippen LogP contribution in [0, 0.1) is 0 Å². The van der Waals surface area contributed by atoms with Crippen molar-refractivity contribution in [3.05, 3.63) is 28.7 Å². The second kappa shape index (κ2) is 5.38. The summed E-state index contributed by atoms with van der Waals surface area (Å²) in [5.74, 6) is 0. The quantitative estimate of drug-likeness (QED) is 0.899. The fraction of sp³-hybridized carbons (Fsp3) is 0.538. The Balaban J connectivity index is 2.10. The van der Waals surface area contributed by atoms with E-state index in [2.05, 4.69) is 57.5 Å². The lowest BCUT2D eigenvalue weighted by Gasteiger charge is -2.42. The molecule has 3 nitrogen and oxygen atoms in total. The fourth-order valence-corrected chi connectivity index (χ4v) is 2.79. The van der Waals surface area contributed by atoms with Crippen molar-refractivity contribution >= 4 is 21.6 Å². The van der Waals surface area contributed by atoms with Gasteiger partial charge in [-0.05, 0) is 50.7 Å². The van der Waals surface area contributed by atoms with E-state index in [1.807, 2.05) is 0 Å². The number of hydrogen-bond donors (Lipinski definition) is 2. The number of hydrogen-bond acceptors (Lipinski definition) is 3. The van der Waals surface area contributed by atoms with Crippen molar-refractivity contribution in [2.45, 2.75) is 18.4 Å². The van der Waals surface area contributed by atoms with Gasteiger partial charge in [-0.3, -0.25) is 0 Å². The molecule has 2 rings (SSSR count). The molecule has 1 atom stereocenters. The van der Waals surface area contributed by atoms with Crippen LogP contribution in [0.15, 0.2) is 28.7 Å². The Hall–Kier alpha value is -0.580. The van der Waals surface area contributed by atoms with Gasteiger partial charge in [-0.15, -0.1) is 0 Å². The van der Waals surface area contributed by atoms with Crippen molar-refractivity contribution in [2.24, 2.45) is 5.73 Å². The van der Waals surface area contributed by atoms with E-state index in [9.17, 15) is 0 Å². The predicted octanol–water partition coefficient (Wildman–Crippen LogP) is 2.28. The molecular formula is C13H20BrN3. The molecule has 0 bridgehead atoms. The summed E-state index contributed by atoms with van der Waals surface area (Å²) < 4.78 is 1.10. The monoisotopic (exact) mass is 297 g/mol. The normalized spacial score (nSPS) is 25.8. The second-order valence-electron chi connectivity index (χ2n) is 4.96. The number of benzene rings is 1. The van der Waals surface area contributed by atoms with Crippen LogP contribution in [0.5, 0.6) is 0 Å². The average molecular weight is 298 g/mol. The molecule has 1 aromatic rings. The summed E-state index contributed by atoms with van der Waals surface area (Å²) in [7, 11) is 2.16. The van der Waals surface area contributed by atoms with Gasteiger partial charge in [-0.1, -0.05) is 15.9 Å². The smallest absolute Gasteiger partial charge is 0.0622 e. The van der Waals surface area contributed by atoms with Crippen molar-refractivity contribution in [3.8, 4) is 0 Å². The molecule has 4 heteroatoms. The fourth-order valence-electron chi connectivity index (χ4n) is 2.52. The number of halogens is 1. The van der Waals surface area contributed by atoms with Crippen LogP contribution in [-0.4, -0.2) is 37.1 Å². The molecule has 3 N–H and O–H groups in total. The summed E-state index contributed by atoms with van der Waals surface area (Å²) in [5.41, 5.74) is 7.16. The minimum Gasteiger partial charge on any atom is -0.377 e. The Morgan fingerprint density at radius 2 is 2.12 bits per heavy atom. The van der Waals surface area contributed by atoms with Gasteiger partial charge in [0, 0.05) is 23.2 Å². The first kappa shape index (κ1) is 12.9. The van der Waals surface area contributed by atoms with Gasteiger partial charge < -0.3 is 16.0 Å². The zero-order valence-electron chi connectivity index (χ0n) is 10.2. The van der Waals surface area contributed by atoms with E-state index in [0.29, 0.717) is 6.54 Å². The van der Waals surface area contributed by atoms with Crippen LogP contribution in [0.25, 0.3) is 0 Å². The molecule has 17 heavy (non-hydrogen) atoms. The minimum absolute atomic E-state index is 0.0286. The molecule has 0 spiro atoms. The Morgan fingerprint density at radius 1 is 1.41 bits per heavy atom. The maximum atomic E-state index is 5.98. The van der Waals surface area contributed by atoms with Gasteiger partial charge in [-0.25, -0.2) is 0 Å². The molecule has 1 aliphatic rings. The Bertz CT molecular complexity index is 365. The van der Waals surface area contributed by atoms with Crippen molar-refractivity contribution in [2.75, 3.05) is 32.0 Å². The summed E-state index contributed by atoms with van der Waals surface area (Å²) in [5, 5.41) is 3.61. The number of nitrogens with two attached hydrogens (primary N) is 1. The van der Waals surface area contributed by atoms with Crippen LogP contribution < -0.4 is 11.1 Å². The lowest BCUT2D eigenvalue weighted by atomic mass is 9.89. The lowest BCUT2D eigenvalue weighted by molar-refractivity contribution is 0.198. The molecule has 0 aliphatic carbocycles. The highest BCUT2D eigenvalue weighted by atomic mass is 79.9.